The molecule has 3 heterocycles. The Bertz CT molecular complexity index is 1430. The number of nitrogens with zero attached hydrogens (tertiary/aromatic N) is 4. The maximum absolute atomic E-state index is 13.1. The molecular weight excluding hydrogens is 422 g/mol. The predicted molar refractivity (Wildman–Crippen MR) is 134 cm³/mol. The van der Waals surface area contributed by atoms with Gasteiger partial charge in [-0.15, -0.1) is 0 Å². The fourth-order valence-corrected chi connectivity index (χ4v) is 4.06. The molecule has 0 fully saturated rings. The first-order valence-electron chi connectivity index (χ1n) is 11.4. The van der Waals surface area contributed by atoms with Gasteiger partial charge in [-0.25, -0.2) is 9.67 Å². The van der Waals surface area contributed by atoms with Crippen LogP contribution in [0.5, 0.6) is 0 Å². The van der Waals surface area contributed by atoms with Crippen LogP contribution < -0.4 is 5.32 Å². The van der Waals surface area contributed by atoms with Crippen molar-refractivity contribution in [2.45, 2.75) is 19.8 Å². The van der Waals surface area contributed by atoms with Crippen molar-refractivity contribution in [2.24, 2.45) is 0 Å². The average molecular weight is 448 g/mol. The number of hydrogen-bond acceptors (Lipinski definition) is 4. The van der Waals surface area contributed by atoms with E-state index in [0.29, 0.717) is 12.1 Å². The summed E-state index contributed by atoms with van der Waals surface area (Å²) in [6.45, 7) is 2.60. The van der Waals surface area contributed by atoms with Crippen LogP contribution >= 0.6 is 0 Å². The first-order chi connectivity index (χ1) is 16.7. The van der Waals surface area contributed by atoms with Gasteiger partial charge in [0, 0.05) is 36.1 Å². The molecule has 6 heteroatoms. The summed E-state index contributed by atoms with van der Waals surface area (Å²) in [7, 11) is 0. The van der Waals surface area contributed by atoms with Crippen molar-refractivity contribution < 1.29 is 4.79 Å². The second kappa shape index (κ2) is 9.67. The molecule has 0 aliphatic carbocycles. The Labute approximate surface area is 198 Å². The van der Waals surface area contributed by atoms with Gasteiger partial charge in [0.15, 0.2) is 0 Å². The number of fused-ring (bicyclic) bond motifs is 1. The van der Waals surface area contributed by atoms with Gasteiger partial charge < -0.3 is 5.32 Å². The molecule has 0 saturated carbocycles. The zero-order valence-corrected chi connectivity index (χ0v) is 19.0. The number of nitrogens with one attached hydrogen (secondary N) is 1. The van der Waals surface area contributed by atoms with E-state index in [1.807, 2.05) is 84.4 Å². The number of carbonyl (C=O) groups excluding carboxylic acids is 1. The highest BCUT2D eigenvalue weighted by molar-refractivity contribution is 6.07. The van der Waals surface area contributed by atoms with E-state index in [1.165, 1.54) is 5.56 Å². The third-order valence-electron chi connectivity index (χ3n) is 5.87. The molecule has 5 rings (SSSR count). The highest BCUT2D eigenvalue weighted by Gasteiger charge is 2.14. The summed E-state index contributed by atoms with van der Waals surface area (Å²) in [6, 6.07) is 23.5. The van der Waals surface area contributed by atoms with Gasteiger partial charge in [-0.05, 0) is 61.7 Å². The number of benzene rings is 2. The molecule has 0 aliphatic heterocycles. The first-order valence-corrected chi connectivity index (χ1v) is 11.4. The maximum Gasteiger partial charge on any atom is 0.252 e. The minimum atomic E-state index is -0.0920. The normalized spacial score (nSPS) is 11.0. The quantitative estimate of drug-likeness (QED) is 0.350. The Balaban J connectivity index is 1.28. The fraction of sp³-hybridized carbons (Fsp3) is 0.143. The predicted octanol–water partition coefficient (Wildman–Crippen LogP) is 5.15. The number of rotatable bonds is 7. The lowest BCUT2D eigenvalue weighted by Crippen LogP contribution is -2.25. The van der Waals surface area contributed by atoms with Crippen LogP contribution in [-0.2, 0) is 6.42 Å². The highest BCUT2D eigenvalue weighted by atomic mass is 16.1. The summed E-state index contributed by atoms with van der Waals surface area (Å²) in [6.07, 6.45) is 7.21. The van der Waals surface area contributed by atoms with E-state index in [-0.39, 0.29) is 5.91 Å². The van der Waals surface area contributed by atoms with E-state index >= 15 is 0 Å². The van der Waals surface area contributed by atoms with Crippen molar-refractivity contribution in [3.05, 3.63) is 108 Å². The van der Waals surface area contributed by atoms with Crippen LogP contribution in [-0.4, -0.2) is 32.2 Å². The molecule has 0 spiro atoms. The standard InChI is InChI=1S/C28H25N5O/c1-20-22(19-33(32-20)23-9-3-2-4-10-23)8-7-15-30-28(34)25-18-27(21-13-16-29-17-14-21)31-26-12-6-5-11-24(25)26/h2-6,9-14,16-19H,7-8,15H2,1H3,(H,30,34). The van der Waals surface area contributed by atoms with Crippen molar-refractivity contribution >= 4 is 16.8 Å². The third kappa shape index (κ3) is 4.57. The molecule has 2 aromatic carbocycles. The Morgan fingerprint density at radius 2 is 1.74 bits per heavy atom. The van der Waals surface area contributed by atoms with Crippen molar-refractivity contribution in [3.8, 4) is 16.9 Å². The van der Waals surface area contributed by atoms with Crippen molar-refractivity contribution in [3.63, 3.8) is 0 Å². The van der Waals surface area contributed by atoms with Gasteiger partial charge in [-0.1, -0.05) is 36.4 Å². The van der Waals surface area contributed by atoms with E-state index in [9.17, 15) is 4.79 Å². The molecule has 5 aromatic rings. The lowest BCUT2D eigenvalue weighted by molar-refractivity contribution is 0.0955. The summed E-state index contributed by atoms with van der Waals surface area (Å²) >= 11 is 0. The molecule has 3 aromatic heterocycles. The number of pyridine rings is 2. The monoisotopic (exact) mass is 447 g/mol. The fourth-order valence-electron chi connectivity index (χ4n) is 4.06. The molecule has 0 atom stereocenters. The minimum absolute atomic E-state index is 0.0920. The van der Waals surface area contributed by atoms with Gasteiger partial charge in [0.1, 0.15) is 0 Å². The van der Waals surface area contributed by atoms with Crippen molar-refractivity contribution in [1.29, 1.82) is 0 Å². The van der Waals surface area contributed by atoms with Crippen LogP contribution in [0.1, 0.15) is 28.0 Å². The Morgan fingerprint density at radius 3 is 2.56 bits per heavy atom. The van der Waals surface area contributed by atoms with E-state index in [4.69, 9.17) is 4.98 Å². The van der Waals surface area contributed by atoms with Gasteiger partial charge in [0.2, 0.25) is 0 Å². The molecule has 0 radical (unpaired) electrons. The topological polar surface area (TPSA) is 72.7 Å². The van der Waals surface area contributed by atoms with Crippen molar-refractivity contribution in [1.82, 2.24) is 25.1 Å². The van der Waals surface area contributed by atoms with Gasteiger partial charge >= 0.3 is 0 Å². The van der Waals surface area contributed by atoms with Crippen LogP contribution in [0, 0.1) is 6.92 Å². The average Bonchev–Trinajstić information content (AvgIpc) is 3.27. The smallest absolute Gasteiger partial charge is 0.252 e. The molecular formula is C28H25N5O. The number of para-hydroxylation sites is 2. The first kappa shape index (κ1) is 21.5. The molecule has 1 amide bonds. The number of hydrogen-bond donors (Lipinski definition) is 1. The number of amides is 1. The third-order valence-corrected chi connectivity index (χ3v) is 5.87. The minimum Gasteiger partial charge on any atom is -0.352 e. The van der Waals surface area contributed by atoms with Gasteiger partial charge in [-0.3, -0.25) is 9.78 Å². The summed E-state index contributed by atoms with van der Waals surface area (Å²) in [5.41, 5.74) is 6.36. The second-order valence-corrected chi connectivity index (χ2v) is 8.19. The van der Waals surface area contributed by atoms with Crippen LogP contribution in [0.15, 0.2) is 91.4 Å². The lowest BCUT2D eigenvalue weighted by atomic mass is 10.0. The largest absolute Gasteiger partial charge is 0.352 e. The zero-order chi connectivity index (χ0) is 23.3. The van der Waals surface area contributed by atoms with E-state index in [2.05, 4.69) is 21.6 Å². The zero-order valence-electron chi connectivity index (χ0n) is 19.0. The molecule has 1 N–H and O–H groups in total. The maximum atomic E-state index is 13.1. The molecule has 0 aliphatic rings. The molecule has 168 valence electrons. The summed E-state index contributed by atoms with van der Waals surface area (Å²) < 4.78 is 1.91. The number of aromatic nitrogens is 4. The Morgan fingerprint density at radius 1 is 0.971 bits per heavy atom. The summed E-state index contributed by atoms with van der Waals surface area (Å²) in [5.74, 6) is -0.0920. The molecule has 6 nitrogen and oxygen atoms in total. The number of carbonyl (C=O) groups is 1. The van der Waals surface area contributed by atoms with Gasteiger partial charge in [0.25, 0.3) is 5.91 Å². The molecule has 0 bridgehead atoms. The van der Waals surface area contributed by atoms with Crippen molar-refractivity contribution in [2.75, 3.05) is 6.54 Å². The van der Waals surface area contributed by atoms with E-state index in [0.717, 1.165) is 46.4 Å². The molecule has 34 heavy (non-hydrogen) atoms. The number of aryl methyl sites for hydroxylation is 2. The summed E-state index contributed by atoms with van der Waals surface area (Å²) in [4.78, 5) is 22.0. The summed E-state index contributed by atoms with van der Waals surface area (Å²) in [5, 5.41) is 8.57. The van der Waals surface area contributed by atoms with Gasteiger partial charge in [-0.2, -0.15) is 5.10 Å². The Kier molecular flexibility index (Phi) is 6.12. The molecule has 0 unspecified atom stereocenters. The SMILES string of the molecule is Cc1nn(-c2ccccc2)cc1CCCNC(=O)c1cc(-c2ccncc2)nc2ccccc12. The molecule has 0 saturated heterocycles. The van der Waals surface area contributed by atoms with Crippen LogP contribution in [0.25, 0.3) is 27.8 Å². The van der Waals surface area contributed by atoms with Gasteiger partial charge in [0.05, 0.1) is 28.2 Å². The second-order valence-electron chi connectivity index (χ2n) is 8.19. The highest BCUT2D eigenvalue weighted by Crippen LogP contribution is 2.24. The van der Waals surface area contributed by atoms with Crippen LogP contribution in [0.2, 0.25) is 0 Å². The van der Waals surface area contributed by atoms with E-state index in [1.54, 1.807) is 12.4 Å². The van der Waals surface area contributed by atoms with Crippen LogP contribution in [0.4, 0.5) is 0 Å². The Hall–Kier alpha value is -4.32. The lowest BCUT2D eigenvalue weighted by Gasteiger charge is -2.10. The van der Waals surface area contributed by atoms with E-state index < -0.39 is 0 Å². The van der Waals surface area contributed by atoms with Crippen LogP contribution in [0.3, 0.4) is 0 Å².